The fourth-order valence-corrected chi connectivity index (χ4v) is 0.388. The third kappa shape index (κ3) is 0.913. The Bertz CT molecular complexity index is 89.7. The van der Waals surface area contributed by atoms with Crippen LogP contribution in [0.15, 0.2) is 11.8 Å². The Hall–Kier alpha value is -0.540. The molecule has 0 bridgehead atoms. The van der Waals surface area contributed by atoms with Gasteiger partial charge in [-0.1, -0.05) is 0 Å². The average molecular weight is 101 g/mol. The lowest BCUT2D eigenvalue weighted by Gasteiger charge is -1.92. The lowest BCUT2D eigenvalue weighted by atomic mass is 10.5. The molecule has 3 nitrogen and oxygen atoms in total. The van der Waals surface area contributed by atoms with Crippen molar-refractivity contribution in [1.82, 2.24) is 0 Å². The zero-order valence-corrected chi connectivity index (χ0v) is 3.89. The predicted octanol–water partition coefficient (Wildman–Crippen LogP) is -0.209. The Balaban J connectivity index is 2.36. The van der Waals surface area contributed by atoms with Gasteiger partial charge in [0.2, 0.25) is 0 Å². The van der Waals surface area contributed by atoms with Crippen LogP contribution in [-0.4, -0.2) is 13.2 Å². The summed E-state index contributed by atoms with van der Waals surface area (Å²) in [7, 11) is 0. The van der Waals surface area contributed by atoms with E-state index in [1.807, 2.05) is 0 Å². The Labute approximate surface area is 41.6 Å². The van der Waals surface area contributed by atoms with E-state index < -0.39 is 0 Å². The molecular weight excluding hydrogens is 94.0 g/mol. The molecule has 0 saturated carbocycles. The van der Waals surface area contributed by atoms with Crippen molar-refractivity contribution >= 4 is 0 Å². The molecule has 0 aromatic rings. The second kappa shape index (κ2) is 1.95. The van der Waals surface area contributed by atoms with Crippen molar-refractivity contribution in [3.8, 4) is 0 Å². The Morgan fingerprint density at radius 3 is 3.00 bits per heavy atom. The highest BCUT2D eigenvalue weighted by atomic mass is 17.2. The molecule has 1 aliphatic rings. The van der Waals surface area contributed by atoms with Crippen LogP contribution in [0.4, 0.5) is 0 Å². The minimum absolute atomic E-state index is 0.431. The monoisotopic (exact) mass is 101 g/mol. The van der Waals surface area contributed by atoms with Crippen molar-refractivity contribution < 1.29 is 9.78 Å². The van der Waals surface area contributed by atoms with Crippen LogP contribution in [0, 0.1) is 0 Å². The van der Waals surface area contributed by atoms with E-state index in [0.29, 0.717) is 13.2 Å². The Morgan fingerprint density at radius 2 is 2.71 bits per heavy atom. The topological polar surface area (TPSA) is 44.5 Å². The van der Waals surface area contributed by atoms with Gasteiger partial charge in [0.15, 0.2) is 5.76 Å². The summed E-state index contributed by atoms with van der Waals surface area (Å²) in [4.78, 5) is 9.01. The van der Waals surface area contributed by atoms with Gasteiger partial charge in [-0.05, 0) is 6.08 Å². The Kier molecular flexibility index (Phi) is 1.29. The fraction of sp³-hybridized carbons (Fsp3) is 0.500. The van der Waals surface area contributed by atoms with Gasteiger partial charge in [-0.25, -0.2) is 0 Å². The largest absolute Gasteiger partial charge is 0.341 e. The molecule has 0 saturated heterocycles. The first-order chi connectivity index (χ1) is 3.43. The summed E-state index contributed by atoms with van der Waals surface area (Å²) in [6.07, 6.45) is 1.81. The molecule has 0 aromatic carbocycles. The van der Waals surface area contributed by atoms with Gasteiger partial charge in [0, 0.05) is 0 Å². The third-order valence-electron chi connectivity index (χ3n) is 0.746. The molecule has 1 rings (SSSR count). The number of hydrogen-bond acceptors (Lipinski definition) is 3. The molecule has 0 unspecified atom stereocenters. The van der Waals surface area contributed by atoms with Gasteiger partial charge in [0.25, 0.3) is 0 Å². The molecule has 0 amide bonds. The smallest absolute Gasteiger partial charge is 0.154 e. The molecule has 0 aliphatic carbocycles. The van der Waals surface area contributed by atoms with Crippen LogP contribution in [0.3, 0.4) is 0 Å². The number of rotatable bonds is 1. The van der Waals surface area contributed by atoms with Gasteiger partial charge in [-0.15, -0.1) is 0 Å². The Morgan fingerprint density at radius 1 is 1.86 bits per heavy atom. The third-order valence-corrected chi connectivity index (χ3v) is 0.746. The van der Waals surface area contributed by atoms with Gasteiger partial charge in [-0.3, -0.25) is 0 Å². The summed E-state index contributed by atoms with van der Waals surface area (Å²) >= 11 is 0. The maximum Gasteiger partial charge on any atom is 0.154 e. The van der Waals surface area contributed by atoms with Crippen molar-refractivity contribution in [1.29, 1.82) is 0 Å². The summed E-state index contributed by atoms with van der Waals surface area (Å²) in [5, 5.41) is 0. The minimum atomic E-state index is 0.431. The van der Waals surface area contributed by atoms with Gasteiger partial charge in [0.1, 0.15) is 6.61 Å². The summed E-state index contributed by atoms with van der Waals surface area (Å²) in [5.74, 6) is 0.722. The second-order valence-corrected chi connectivity index (χ2v) is 1.24. The molecule has 0 aromatic heterocycles. The summed E-state index contributed by atoms with van der Waals surface area (Å²) in [5.41, 5.74) is 5.16. The SMILES string of the molecule is NCC1=CCOO1. The van der Waals surface area contributed by atoms with E-state index in [2.05, 4.69) is 9.78 Å². The summed E-state index contributed by atoms with van der Waals surface area (Å²) in [6.45, 7) is 0.965. The molecule has 0 spiro atoms. The zero-order valence-electron chi connectivity index (χ0n) is 3.89. The maximum absolute atomic E-state index is 5.16. The van der Waals surface area contributed by atoms with Gasteiger partial charge in [0.05, 0.1) is 6.54 Å². The first-order valence-electron chi connectivity index (χ1n) is 2.12. The lowest BCUT2D eigenvalue weighted by molar-refractivity contribution is -0.233. The number of hydrogen-bond donors (Lipinski definition) is 1. The molecule has 2 N–H and O–H groups in total. The van der Waals surface area contributed by atoms with Crippen LogP contribution in [-0.2, 0) is 9.78 Å². The van der Waals surface area contributed by atoms with E-state index >= 15 is 0 Å². The standard InChI is InChI=1S/C4H7NO2/c5-3-4-1-2-6-7-4/h1H,2-3,5H2. The van der Waals surface area contributed by atoms with E-state index in [1.165, 1.54) is 0 Å². The lowest BCUT2D eigenvalue weighted by Crippen LogP contribution is -2.01. The molecule has 0 fully saturated rings. The molecule has 1 heterocycles. The van der Waals surface area contributed by atoms with Crippen molar-refractivity contribution in [2.75, 3.05) is 13.2 Å². The summed E-state index contributed by atoms with van der Waals surface area (Å²) < 4.78 is 0. The van der Waals surface area contributed by atoms with Crippen LogP contribution in [0.2, 0.25) is 0 Å². The normalized spacial score (nSPS) is 18.7. The predicted molar refractivity (Wildman–Crippen MR) is 24.2 cm³/mol. The first-order valence-corrected chi connectivity index (χ1v) is 2.12. The van der Waals surface area contributed by atoms with Crippen molar-refractivity contribution in [3.05, 3.63) is 11.8 Å². The molecule has 0 radical (unpaired) electrons. The maximum atomic E-state index is 5.16. The molecular formula is C4H7NO2. The van der Waals surface area contributed by atoms with Gasteiger partial charge < -0.3 is 10.6 Å². The van der Waals surface area contributed by atoms with Crippen LogP contribution in [0.5, 0.6) is 0 Å². The van der Waals surface area contributed by atoms with Crippen molar-refractivity contribution in [2.24, 2.45) is 5.73 Å². The average Bonchev–Trinajstić information content (AvgIpc) is 2.14. The van der Waals surface area contributed by atoms with E-state index in [-0.39, 0.29) is 0 Å². The number of nitrogens with two attached hydrogens (primary N) is 1. The van der Waals surface area contributed by atoms with E-state index in [1.54, 1.807) is 6.08 Å². The van der Waals surface area contributed by atoms with Crippen molar-refractivity contribution in [3.63, 3.8) is 0 Å². The molecule has 40 valence electrons. The van der Waals surface area contributed by atoms with Crippen LogP contribution < -0.4 is 5.73 Å². The second-order valence-electron chi connectivity index (χ2n) is 1.24. The molecule has 0 atom stereocenters. The molecule has 3 heteroatoms. The quantitative estimate of drug-likeness (QED) is 0.465. The van der Waals surface area contributed by atoms with Crippen molar-refractivity contribution in [2.45, 2.75) is 0 Å². The van der Waals surface area contributed by atoms with Gasteiger partial charge in [-0.2, -0.15) is 4.89 Å². The first kappa shape index (κ1) is 4.61. The minimum Gasteiger partial charge on any atom is -0.341 e. The molecule has 1 aliphatic heterocycles. The van der Waals surface area contributed by atoms with E-state index in [4.69, 9.17) is 5.73 Å². The van der Waals surface area contributed by atoms with E-state index in [0.717, 1.165) is 5.76 Å². The fourth-order valence-electron chi connectivity index (χ4n) is 0.388. The summed E-state index contributed by atoms with van der Waals surface area (Å²) in [6, 6.07) is 0. The van der Waals surface area contributed by atoms with Gasteiger partial charge >= 0.3 is 0 Å². The van der Waals surface area contributed by atoms with Crippen LogP contribution >= 0.6 is 0 Å². The highest BCUT2D eigenvalue weighted by molar-refractivity contribution is 4.95. The molecule has 7 heavy (non-hydrogen) atoms. The van der Waals surface area contributed by atoms with Crippen LogP contribution in [0.25, 0.3) is 0 Å². The highest BCUT2D eigenvalue weighted by Gasteiger charge is 2.01. The van der Waals surface area contributed by atoms with Crippen LogP contribution in [0.1, 0.15) is 0 Å². The van der Waals surface area contributed by atoms with E-state index in [9.17, 15) is 0 Å². The highest BCUT2D eigenvalue weighted by Crippen LogP contribution is 2.02. The zero-order chi connectivity index (χ0) is 5.11.